The van der Waals surface area contributed by atoms with Crippen molar-refractivity contribution < 1.29 is 4.79 Å². The minimum absolute atomic E-state index is 0.190. The van der Waals surface area contributed by atoms with Crippen molar-refractivity contribution in [2.24, 2.45) is 5.73 Å². The van der Waals surface area contributed by atoms with Gasteiger partial charge >= 0.3 is 0 Å². The van der Waals surface area contributed by atoms with Crippen LogP contribution in [0.5, 0.6) is 0 Å². The van der Waals surface area contributed by atoms with Crippen molar-refractivity contribution in [1.82, 2.24) is 5.32 Å². The summed E-state index contributed by atoms with van der Waals surface area (Å²) in [4.78, 5) is 11.7. The van der Waals surface area contributed by atoms with Crippen LogP contribution in [0, 0.1) is 0 Å². The summed E-state index contributed by atoms with van der Waals surface area (Å²) in [5.74, 6) is -0.190. The van der Waals surface area contributed by atoms with Crippen LogP contribution in [0.4, 0.5) is 0 Å². The van der Waals surface area contributed by atoms with Gasteiger partial charge in [0.25, 0.3) is 0 Å². The summed E-state index contributed by atoms with van der Waals surface area (Å²) in [5.41, 5.74) is 8.23. The van der Waals surface area contributed by atoms with Crippen LogP contribution in [-0.4, -0.2) is 5.91 Å². The quantitative estimate of drug-likeness (QED) is 0.820. The molecule has 0 aliphatic carbocycles. The Morgan fingerprint density at radius 2 is 1.58 bits per heavy atom. The molecule has 0 unspecified atom stereocenters. The van der Waals surface area contributed by atoms with E-state index in [0.29, 0.717) is 12.2 Å². The summed E-state index contributed by atoms with van der Waals surface area (Å²) < 4.78 is 0. The second kappa shape index (κ2) is 6.40. The second-order valence-corrected chi connectivity index (χ2v) is 4.17. The average molecular weight is 252 g/mol. The minimum atomic E-state index is -0.190. The fraction of sp³-hybridized carbons (Fsp3) is 0.0625. The van der Waals surface area contributed by atoms with Crippen molar-refractivity contribution in [2.75, 3.05) is 0 Å². The standard InChI is InChI=1S/C16H16N2O/c17-15(14-9-5-2-6-10-14)11-16(19)18-12-13-7-3-1-4-8-13/h1-11H,12,17H2,(H,18,19)/b15-11-. The van der Waals surface area contributed by atoms with Crippen LogP contribution in [0.15, 0.2) is 66.7 Å². The fourth-order valence-electron chi connectivity index (χ4n) is 1.69. The molecular weight excluding hydrogens is 236 g/mol. The Bertz CT molecular complexity index is 562. The number of rotatable bonds is 4. The molecule has 0 radical (unpaired) electrons. The van der Waals surface area contributed by atoms with Crippen molar-refractivity contribution in [3.63, 3.8) is 0 Å². The Labute approximate surface area is 112 Å². The highest BCUT2D eigenvalue weighted by molar-refractivity contribution is 5.94. The smallest absolute Gasteiger partial charge is 0.246 e. The summed E-state index contributed by atoms with van der Waals surface area (Å²) >= 11 is 0. The van der Waals surface area contributed by atoms with Gasteiger partial charge < -0.3 is 11.1 Å². The first-order valence-corrected chi connectivity index (χ1v) is 6.10. The van der Waals surface area contributed by atoms with Gasteiger partial charge in [0.15, 0.2) is 0 Å². The molecule has 2 aromatic rings. The predicted octanol–water partition coefficient (Wildman–Crippen LogP) is 2.30. The largest absolute Gasteiger partial charge is 0.398 e. The molecule has 0 aliphatic heterocycles. The van der Waals surface area contributed by atoms with Gasteiger partial charge in [-0.3, -0.25) is 4.79 Å². The number of nitrogens with two attached hydrogens (primary N) is 1. The van der Waals surface area contributed by atoms with E-state index in [1.807, 2.05) is 60.7 Å². The molecule has 1 amide bonds. The van der Waals surface area contributed by atoms with E-state index in [0.717, 1.165) is 11.1 Å². The third kappa shape index (κ3) is 4.00. The third-order valence-electron chi connectivity index (χ3n) is 2.70. The molecule has 3 heteroatoms. The summed E-state index contributed by atoms with van der Waals surface area (Å²) in [5, 5.41) is 2.80. The zero-order valence-corrected chi connectivity index (χ0v) is 10.5. The van der Waals surface area contributed by atoms with Crippen LogP contribution in [0.2, 0.25) is 0 Å². The summed E-state index contributed by atoms with van der Waals surface area (Å²) in [6, 6.07) is 19.2. The molecule has 3 nitrogen and oxygen atoms in total. The maximum absolute atomic E-state index is 11.7. The number of benzene rings is 2. The molecule has 0 spiro atoms. The van der Waals surface area contributed by atoms with Gasteiger partial charge in [-0.2, -0.15) is 0 Å². The van der Waals surface area contributed by atoms with Gasteiger partial charge in [-0.05, 0) is 11.1 Å². The Morgan fingerprint density at radius 3 is 2.21 bits per heavy atom. The fourth-order valence-corrected chi connectivity index (χ4v) is 1.69. The van der Waals surface area contributed by atoms with Gasteiger partial charge in [0.2, 0.25) is 5.91 Å². The highest BCUT2D eigenvalue weighted by Gasteiger charge is 2.00. The predicted molar refractivity (Wildman–Crippen MR) is 76.9 cm³/mol. The van der Waals surface area contributed by atoms with Crippen molar-refractivity contribution in [1.29, 1.82) is 0 Å². The number of amides is 1. The number of carbonyl (C=O) groups is 1. The van der Waals surface area contributed by atoms with E-state index in [2.05, 4.69) is 5.32 Å². The molecule has 2 rings (SSSR count). The highest BCUT2D eigenvalue weighted by atomic mass is 16.1. The molecule has 0 aromatic heterocycles. The Hall–Kier alpha value is -2.55. The molecular formula is C16H16N2O. The third-order valence-corrected chi connectivity index (χ3v) is 2.70. The molecule has 19 heavy (non-hydrogen) atoms. The number of carbonyl (C=O) groups excluding carboxylic acids is 1. The van der Waals surface area contributed by atoms with Crippen molar-refractivity contribution in [3.05, 3.63) is 77.9 Å². The van der Waals surface area contributed by atoms with Gasteiger partial charge in [-0.1, -0.05) is 60.7 Å². The zero-order valence-electron chi connectivity index (χ0n) is 10.5. The monoisotopic (exact) mass is 252 g/mol. The molecule has 0 bridgehead atoms. The van der Waals surface area contributed by atoms with Gasteiger partial charge in [0.05, 0.1) is 0 Å². The van der Waals surface area contributed by atoms with Gasteiger partial charge in [0, 0.05) is 18.3 Å². The van der Waals surface area contributed by atoms with E-state index in [1.165, 1.54) is 6.08 Å². The average Bonchev–Trinajstić information content (AvgIpc) is 2.47. The highest BCUT2D eigenvalue weighted by Crippen LogP contribution is 2.07. The van der Waals surface area contributed by atoms with Crippen LogP contribution < -0.4 is 11.1 Å². The normalized spacial score (nSPS) is 11.1. The maximum Gasteiger partial charge on any atom is 0.246 e. The Balaban J connectivity index is 1.94. The van der Waals surface area contributed by atoms with Crippen LogP contribution in [0.25, 0.3) is 5.70 Å². The lowest BCUT2D eigenvalue weighted by atomic mass is 10.1. The second-order valence-electron chi connectivity index (χ2n) is 4.17. The molecule has 0 aliphatic rings. The lowest BCUT2D eigenvalue weighted by molar-refractivity contribution is -0.116. The van der Waals surface area contributed by atoms with Crippen LogP contribution in [0.3, 0.4) is 0 Å². The maximum atomic E-state index is 11.7. The van der Waals surface area contributed by atoms with E-state index < -0.39 is 0 Å². The summed E-state index contributed by atoms with van der Waals surface area (Å²) in [7, 11) is 0. The topological polar surface area (TPSA) is 55.1 Å². The van der Waals surface area contributed by atoms with Crippen LogP contribution in [0.1, 0.15) is 11.1 Å². The minimum Gasteiger partial charge on any atom is -0.398 e. The number of hydrogen-bond acceptors (Lipinski definition) is 2. The molecule has 0 heterocycles. The zero-order chi connectivity index (χ0) is 13.5. The molecule has 2 aromatic carbocycles. The van der Waals surface area contributed by atoms with E-state index in [4.69, 9.17) is 5.73 Å². The van der Waals surface area contributed by atoms with Crippen molar-refractivity contribution in [3.8, 4) is 0 Å². The molecule has 3 N–H and O–H groups in total. The van der Waals surface area contributed by atoms with Crippen molar-refractivity contribution >= 4 is 11.6 Å². The lowest BCUT2D eigenvalue weighted by Crippen LogP contribution is -2.21. The van der Waals surface area contributed by atoms with E-state index in [1.54, 1.807) is 0 Å². The first-order chi connectivity index (χ1) is 9.25. The van der Waals surface area contributed by atoms with E-state index in [9.17, 15) is 4.79 Å². The molecule has 0 saturated carbocycles. The van der Waals surface area contributed by atoms with Crippen LogP contribution in [-0.2, 0) is 11.3 Å². The molecule has 0 saturated heterocycles. The number of nitrogens with one attached hydrogen (secondary N) is 1. The van der Waals surface area contributed by atoms with Crippen LogP contribution >= 0.6 is 0 Å². The summed E-state index contributed by atoms with van der Waals surface area (Å²) in [6.45, 7) is 0.498. The van der Waals surface area contributed by atoms with Gasteiger partial charge in [0.1, 0.15) is 0 Å². The van der Waals surface area contributed by atoms with Crippen molar-refractivity contribution in [2.45, 2.75) is 6.54 Å². The lowest BCUT2D eigenvalue weighted by Gasteiger charge is -2.04. The van der Waals surface area contributed by atoms with Gasteiger partial charge in [-0.25, -0.2) is 0 Å². The van der Waals surface area contributed by atoms with E-state index >= 15 is 0 Å². The summed E-state index contributed by atoms with van der Waals surface area (Å²) in [6.07, 6.45) is 1.41. The Kier molecular flexibility index (Phi) is 4.34. The molecule has 0 atom stereocenters. The Morgan fingerprint density at radius 1 is 1.00 bits per heavy atom. The molecule has 0 fully saturated rings. The first kappa shape index (κ1) is 12.9. The molecule has 96 valence electrons. The van der Waals surface area contributed by atoms with E-state index in [-0.39, 0.29) is 5.91 Å². The SMILES string of the molecule is N/C(=C\C(=O)NCc1ccccc1)c1ccccc1. The first-order valence-electron chi connectivity index (χ1n) is 6.10. The van der Waals surface area contributed by atoms with Gasteiger partial charge in [-0.15, -0.1) is 0 Å². The number of hydrogen-bond donors (Lipinski definition) is 2.